The molecule has 1 aliphatic rings. The van der Waals surface area contributed by atoms with Gasteiger partial charge in [0.2, 0.25) is 0 Å². The van der Waals surface area contributed by atoms with Crippen molar-refractivity contribution in [3.05, 3.63) is 0 Å². The summed E-state index contributed by atoms with van der Waals surface area (Å²) in [7, 11) is 1.35. The Kier molecular flexibility index (Phi) is 3.84. The van der Waals surface area contributed by atoms with Crippen molar-refractivity contribution < 1.29 is 14.6 Å². The molecule has 82 valence electrons. The minimum atomic E-state index is -0.563. The van der Waals surface area contributed by atoms with Gasteiger partial charge in [-0.3, -0.25) is 4.79 Å². The van der Waals surface area contributed by atoms with Crippen molar-refractivity contribution in [3.63, 3.8) is 0 Å². The van der Waals surface area contributed by atoms with Crippen LogP contribution in [0.25, 0.3) is 0 Å². The van der Waals surface area contributed by atoms with Crippen LogP contribution in [0, 0.1) is 5.92 Å². The van der Waals surface area contributed by atoms with Gasteiger partial charge in [-0.1, -0.05) is 13.8 Å². The lowest BCUT2D eigenvalue weighted by atomic mass is 9.86. The van der Waals surface area contributed by atoms with E-state index in [1.165, 1.54) is 7.11 Å². The predicted molar refractivity (Wildman–Crippen MR) is 57.3 cm³/mol. The van der Waals surface area contributed by atoms with Gasteiger partial charge >= 0.3 is 5.97 Å². The molecule has 3 nitrogen and oxygen atoms in total. The normalized spacial score (nSPS) is 27.3. The topological polar surface area (TPSA) is 46.5 Å². The van der Waals surface area contributed by atoms with E-state index in [4.69, 9.17) is 0 Å². The molecule has 0 spiro atoms. The van der Waals surface area contributed by atoms with Crippen molar-refractivity contribution >= 4 is 17.7 Å². The molecule has 0 aromatic carbocycles. The van der Waals surface area contributed by atoms with Crippen LogP contribution < -0.4 is 0 Å². The summed E-state index contributed by atoms with van der Waals surface area (Å²) in [5.41, 5.74) is 0. The molecule has 0 amide bonds. The summed E-state index contributed by atoms with van der Waals surface area (Å²) in [5.74, 6) is 0.937. The smallest absolute Gasteiger partial charge is 0.308 e. The second-order valence-electron chi connectivity index (χ2n) is 4.19. The Labute approximate surface area is 89.2 Å². The largest absolute Gasteiger partial charge is 0.469 e. The monoisotopic (exact) mass is 218 g/mol. The Morgan fingerprint density at radius 3 is 2.79 bits per heavy atom. The molecule has 0 aliphatic carbocycles. The van der Waals surface area contributed by atoms with Crippen LogP contribution in [0.15, 0.2) is 0 Å². The quantitative estimate of drug-likeness (QED) is 0.728. The second-order valence-corrected chi connectivity index (χ2v) is 5.94. The van der Waals surface area contributed by atoms with Crippen molar-refractivity contribution in [2.75, 3.05) is 12.9 Å². The molecule has 0 aromatic rings. The molecule has 1 N–H and O–H groups in total. The van der Waals surface area contributed by atoms with Crippen LogP contribution in [0.1, 0.15) is 26.7 Å². The van der Waals surface area contributed by atoms with Gasteiger partial charge in [0.25, 0.3) is 0 Å². The highest BCUT2D eigenvalue weighted by molar-refractivity contribution is 8.00. The summed E-state index contributed by atoms with van der Waals surface area (Å²) in [4.78, 5) is 11.0. The molecular weight excluding hydrogens is 200 g/mol. The fourth-order valence-electron chi connectivity index (χ4n) is 1.96. The fourth-order valence-corrected chi connectivity index (χ4v) is 3.34. The van der Waals surface area contributed by atoms with Gasteiger partial charge in [0, 0.05) is 10.7 Å². The van der Waals surface area contributed by atoms with Gasteiger partial charge in [-0.05, 0) is 12.2 Å². The molecule has 0 radical (unpaired) electrons. The molecule has 4 heteroatoms. The van der Waals surface area contributed by atoms with Gasteiger partial charge in [-0.15, -0.1) is 0 Å². The van der Waals surface area contributed by atoms with E-state index in [1.54, 1.807) is 0 Å². The van der Waals surface area contributed by atoms with Gasteiger partial charge in [-0.2, -0.15) is 11.8 Å². The first kappa shape index (κ1) is 11.9. The van der Waals surface area contributed by atoms with Crippen molar-refractivity contribution in [1.82, 2.24) is 0 Å². The molecule has 14 heavy (non-hydrogen) atoms. The van der Waals surface area contributed by atoms with Crippen molar-refractivity contribution in [2.45, 2.75) is 37.5 Å². The molecule has 1 fully saturated rings. The van der Waals surface area contributed by atoms with Gasteiger partial charge in [0.15, 0.2) is 0 Å². The highest BCUT2D eigenvalue weighted by atomic mass is 32.2. The summed E-state index contributed by atoms with van der Waals surface area (Å²) in [5, 5.41) is 9.87. The number of aliphatic hydroxyl groups is 1. The molecule has 1 heterocycles. The van der Waals surface area contributed by atoms with Crippen molar-refractivity contribution in [3.8, 4) is 0 Å². The predicted octanol–water partition coefficient (Wildman–Crippen LogP) is 1.44. The summed E-state index contributed by atoms with van der Waals surface area (Å²) >= 11 is 1.86. The molecule has 1 rings (SSSR count). The Morgan fingerprint density at radius 1 is 1.71 bits per heavy atom. The molecule has 1 unspecified atom stereocenters. The number of carbonyl (C=O) groups excluding carboxylic acids is 1. The van der Waals surface area contributed by atoms with Crippen LogP contribution >= 0.6 is 11.8 Å². The standard InChI is InChI=1S/C10H18O3S/c1-10(2)7(4-5-14-10)8(11)6-9(12)13-3/h7-8,11H,4-6H2,1-3H3/t7?,8-/m1/s1. The molecule has 1 saturated heterocycles. The zero-order chi connectivity index (χ0) is 10.8. The number of esters is 1. The number of thioether (sulfide) groups is 1. The lowest BCUT2D eigenvalue weighted by Gasteiger charge is -2.29. The van der Waals surface area contributed by atoms with Crippen molar-refractivity contribution in [1.29, 1.82) is 0 Å². The summed E-state index contributed by atoms with van der Waals surface area (Å²) < 4.78 is 4.62. The maximum atomic E-state index is 11.0. The van der Waals surface area contributed by atoms with E-state index in [0.29, 0.717) is 0 Å². The summed E-state index contributed by atoms with van der Waals surface area (Å²) in [6.45, 7) is 4.24. The fraction of sp³-hybridized carbons (Fsp3) is 0.900. The van der Waals surface area contributed by atoms with Crippen LogP contribution in [0.3, 0.4) is 0 Å². The van der Waals surface area contributed by atoms with E-state index in [2.05, 4.69) is 18.6 Å². The van der Waals surface area contributed by atoms with E-state index < -0.39 is 6.10 Å². The highest BCUT2D eigenvalue weighted by Gasteiger charge is 2.40. The molecule has 0 bridgehead atoms. The number of aliphatic hydroxyl groups excluding tert-OH is 1. The number of rotatable bonds is 3. The van der Waals surface area contributed by atoms with Crippen LogP contribution in [-0.2, 0) is 9.53 Å². The minimum absolute atomic E-state index is 0.0768. The minimum Gasteiger partial charge on any atom is -0.469 e. The Morgan fingerprint density at radius 2 is 2.36 bits per heavy atom. The van der Waals surface area contributed by atoms with Crippen LogP contribution in [-0.4, -0.2) is 34.8 Å². The van der Waals surface area contributed by atoms with E-state index in [-0.39, 0.29) is 23.1 Å². The Balaban J connectivity index is 2.52. The van der Waals surface area contributed by atoms with Crippen LogP contribution in [0.2, 0.25) is 0 Å². The number of hydrogen-bond donors (Lipinski definition) is 1. The number of carbonyl (C=O) groups is 1. The maximum absolute atomic E-state index is 11.0. The number of methoxy groups -OCH3 is 1. The number of ether oxygens (including phenoxy) is 1. The second kappa shape index (κ2) is 4.53. The van der Waals surface area contributed by atoms with Gasteiger partial charge in [0.1, 0.15) is 0 Å². The third-order valence-corrected chi connectivity index (χ3v) is 4.35. The first-order valence-corrected chi connectivity index (χ1v) is 5.85. The van der Waals surface area contributed by atoms with Gasteiger partial charge in [0.05, 0.1) is 19.6 Å². The first-order valence-electron chi connectivity index (χ1n) is 4.86. The SMILES string of the molecule is COC(=O)C[C@@H](O)C1CCSC1(C)C. The zero-order valence-electron chi connectivity index (χ0n) is 8.95. The molecule has 1 aliphatic heterocycles. The molecule has 0 aromatic heterocycles. The zero-order valence-corrected chi connectivity index (χ0v) is 9.76. The average molecular weight is 218 g/mol. The maximum Gasteiger partial charge on any atom is 0.308 e. The van der Waals surface area contributed by atoms with E-state index in [0.717, 1.165) is 12.2 Å². The van der Waals surface area contributed by atoms with Crippen molar-refractivity contribution in [2.24, 2.45) is 5.92 Å². The third-order valence-electron chi connectivity index (χ3n) is 2.86. The number of hydrogen-bond acceptors (Lipinski definition) is 4. The van der Waals surface area contributed by atoms with E-state index >= 15 is 0 Å². The molecule has 2 atom stereocenters. The first-order chi connectivity index (χ1) is 6.47. The van der Waals surface area contributed by atoms with Crippen LogP contribution in [0.5, 0.6) is 0 Å². The van der Waals surface area contributed by atoms with Crippen LogP contribution in [0.4, 0.5) is 0 Å². The lowest BCUT2D eigenvalue weighted by molar-refractivity contribution is -0.143. The van der Waals surface area contributed by atoms with Gasteiger partial charge < -0.3 is 9.84 Å². The molecule has 0 saturated carbocycles. The van der Waals surface area contributed by atoms with E-state index in [9.17, 15) is 9.90 Å². The Bertz CT molecular complexity index is 215. The highest BCUT2D eigenvalue weighted by Crippen LogP contribution is 2.44. The average Bonchev–Trinajstić information content (AvgIpc) is 2.45. The van der Waals surface area contributed by atoms with Gasteiger partial charge in [-0.25, -0.2) is 0 Å². The van der Waals surface area contributed by atoms with E-state index in [1.807, 2.05) is 11.8 Å². The third kappa shape index (κ3) is 2.64. The lowest BCUT2D eigenvalue weighted by Crippen LogP contribution is -2.34. The Hall–Kier alpha value is -0.220. The summed E-state index contributed by atoms with van der Waals surface area (Å²) in [6.07, 6.45) is 0.536. The molecular formula is C10H18O3S. The summed E-state index contributed by atoms with van der Waals surface area (Å²) in [6, 6.07) is 0.